The average molecular weight is 318 g/mol. The monoisotopic (exact) mass is 318 g/mol. The van der Waals surface area contributed by atoms with Crippen molar-refractivity contribution in [2.75, 3.05) is 32.8 Å². The van der Waals surface area contributed by atoms with Crippen molar-refractivity contribution in [2.45, 2.75) is 25.8 Å². The van der Waals surface area contributed by atoms with E-state index in [1.54, 1.807) is 6.26 Å². The minimum absolute atomic E-state index is 0.204. The summed E-state index contributed by atoms with van der Waals surface area (Å²) in [7, 11) is 0. The average Bonchev–Trinajstić information content (AvgIpc) is 3.05. The third kappa shape index (κ3) is 3.78. The van der Waals surface area contributed by atoms with Gasteiger partial charge in [0.15, 0.2) is 0 Å². The second-order valence-corrected chi connectivity index (χ2v) is 7.45. The molecule has 3 aliphatic rings. The number of likely N-dealkylation sites (tertiary alicyclic amines) is 1. The Morgan fingerprint density at radius 1 is 1.30 bits per heavy atom. The van der Waals surface area contributed by atoms with E-state index in [2.05, 4.69) is 10.2 Å². The Labute approximate surface area is 137 Å². The lowest BCUT2D eigenvalue weighted by molar-refractivity contribution is -0.124. The first-order chi connectivity index (χ1) is 11.3. The van der Waals surface area contributed by atoms with Gasteiger partial charge in [0.1, 0.15) is 5.76 Å². The van der Waals surface area contributed by atoms with Crippen molar-refractivity contribution in [2.24, 2.45) is 23.7 Å². The lowest BCUT2D eigenvalue weighted by atomic mass is 9.81. The predicted octanol–water partition coefficient (Wildman–Crippen LogP) is 1.89. The number of fused-ring (bicyclic) bond motifs is 1. The Balaban J connectivity index is 1.30. The Morgan fingerprint density at radius 2 is 2.22 bits per heavy atom. The zero-order valence-electron chi connectivity index (χ0n) is 13.6. The highest BCUT2D eigenvalue weighted by molar-refractivity contribution is 5.76. The van der Waals surface area contributed by atoms with E-state index in [-0.39, 0.29) is 5.91 Å². The van der Waals surface area contributed by atoms with Gasteiger partial charge < -0.3 is 14.5 Å². The number of ether oxygens (including phenoxy) is 1. The number of nitrogens with zero attached hydrogens (tertiary/aromatic N) is 1. The van der Waals surface area contributed by atoms with E-state index in [0.29, 0.717) is 24.2 Å². The van der Waals surface area contributed by atoms with Crippen LogP contribution in [0.25, 0.3) is 0 Å². The molecule has 3 atom stereocenters. The molecule has 1 saturated carbocycles. The molecule has 1 N–H and O–H groups in total. The van der Waals surface area contributed by atoms with Crippen LogP contribution in [0.3, 0.4) is 0 Å². The Morgan fingerprint density at radius 3 is 3.00 bits per heavy atom. The van der Waals surface area contributed by atoms with Gasteiger partial charge in [-0.05, 0) is 48.6 Å². The predicted molar refractivity (Wildman–Crippen MR) is 85.6 cm³/mol. The Kier molecular flexibility index (Phi) is 4.40. The van der Waals surface area contributed by atoms with Crippen LogP contribution in [0.1, 0.15) is 25.0 Å². The second-order valence-electron chi connectivity index (χ2n) is 7.45. The fourth-order valence-corrected chi connectivity index (χ4v) is 4.05. The topological polar surface area (TPSA) is 54.7 Å². The fourth-order valence-electron chi connectivity index (χ4n) is 4.05. The smallest absolute Gasteiger partial charge is 0.220 e. The highest BCUT2D eigenvalue weighted by atomic mass is 16.5. The van der Waals surface area contributed by atoms with E-state index in [4.69, 9.17) is 9.15 Å². The largest absolute Gasteiger partial charge is 0.468 e. The van der Waals surface area contributed by atoms with Crippen molar-refractivity contribution in [1.29, 1.82) is 0 Å². The standard InChI is InChI=1S/C18H26N2O3/c21-18(19-7-13-3-4-13)6-14-11-22-12-15-8-20(10-17(14)15)9-16-2-1-5-23-16/h1-2,5,13-15,17H,3-4,6-12H2,(H,19,21)/t14-,15-,17-/m0/s1. The number of amides is 1. The molecule has 23 heavy (non-hydrogen) atoms. The molecule has 1 aromatic rings. The molecule has 1 amide bonds. The van der Waals surface area contributed by atoms with E-state index < -0.39 is 0 Å². The summed E-state index contributed by atoms with van der Waals surface area (Å²) in [6.07, 6.45) is 4.90. The summed E-state index contributed by atoms with van der Waals surface area (Å²) < 4.78 is 11.3. The zero-order valence-corrected chi connectivity index (χ0v) is 13.6. The third-order valence-corrected chi connectivity index (χ3v) is 5.53. The minimum Gasteiger partial charge on any atom is -0.468 e. The molecule has 4 rings (SSSR count). The van der Waals surface area contributed by atoms with Crippen molar-refractivity contribution in [1.82, 2.24) is 10.2 Å². The molecule has 2 saturated heterocycles. The van der Waals surface area contributed by atoms with E-state index in [1.165, 1.54) is 12.8 Å². The van der Waals surface area contributed by atoms with Gasteiger partial charge in [-0.1, -0.05) is 0 Å². The summed E-state index contributed by atoms with van der Waals surface area (Å²) in [6.45, 7) is 5.39. The van der Waals surface area contributed by atoms with Crippen molar-refractivity contribution >= 4 is 5.91 Å². The molecule has 1 aromatic heterocycles. The van der Waals surface area contributed by atoms with Crippen LogP contribution in [0.4, 0.5) is 0 Å². The molecule has 0 spiro atoms. The van der Waals surface area contributed by atoms with Gasteiger partial charge in [0.2, 0.25) is 5.91 Å². The Hall–Kier alpha value is -1.33. The van der Waals surface area contributed by atoms with Crippen LogP contribution in [0.15, 0.2) is 22.8 Å². The maximum atomic E-state index is 12.2. The van der Waals surface area contributed by atoms with Crippen LogP contribution in [0.5, 0.6) is 0 Å². The van der Waals surface area contributed by atoms with Crippen molar-refractivity contribution in [3.8, 4) is 0 Å². The van der Waals surface area contributed by atoms with Gasteiger partial charge in [-0.15, -0.1) is 0 Å². The van der Waals surface area contributed by atoms with E-state index in [9.17, 15) is 4.79 Å². The molecular formula is C18H26N2O3. The number of furan rings is 1. The van der Waals surface area contributed by atoms with Crippen LogP contribution in [0, 0.1) is 23.7 Å². The normalized spacial score (nSPS) is 31.0. The molecule has 5 nitrogen and oxygen atoms in total. The molecule has 0 radical (unpaired) electrons. The first kappa shape index (κ1) is 15.2. The molecule has 5 heteroatoms. The van der Waals surface area contributed by atoms with Crippen LogP contribution in [0.2, 0.25) is 0 Å². The molecule has 1 aliphatic carbocycles. The summed E-state index contributed by atoms with van der Waals surface area (Å²) in [5.41, 5.74) is 0. The zero-order chi connectivity index (χ0) is 15.6. The van der Waals surface area contributed by atoms with E-state index in [1.807, 2.05) is 12.1 Å². The molecular weight excluding hydrogens is 292 g/mol. The molecule has 0 aromatic carbocycles. The number of carbonyl (C=O) groups excluding carboxylic acids is 1. The summed E-state index contributed by atoms with van der Waals surface area (Å²) in [4.78, 5) is 14.6. The highest BCUT2D eigenvalue weighted by Gasteiger charge is 2.41. The number of rotatable bonds is 6. The number of nitrogens with one attached hydrogen (secondary N) is 1. The number of carbonyl (C=O) groups is 1. The van der Waals surface area contributed by atoms with E-state index in [0.717, 1.165) is 51.1 Å². The van der Waals surface area contributed by atoms with Crippen molar-refractivity contribution < 1.29 is 13.9 Å². The van der Waals surface area contributed by atoms with Gasteiger partial charge in [-0.2, -0.15) is 0 Å². The maximum absolute atomic E-state index is 12.2. The van der Waals surface area contributed by atoms with Crippen molar-refractivity contribution in [3.05, 3.63) is 24.2 Å². The summed E-state index contributed by atoms with van der Waals surface area (Å²) in [5.74, 6) is 3.45. The van der Waals surface area contributed by atoms with Gasteiger partial charge in [-0.3, -0.25) is 9.69 Å². The van der Waals surface area contributed by atoms with E-state index >= 15 is 0 Å². The van der Waals surface area contributed by atoms with Gasteiger partial charge in [0, 0.05) is 26.1 Å². The van der Waals surface area contributed by atoms with Gasteiger partial charge in [0.05, 0.1) is 26.0 Å². The van der Waals surface area contributed by atoms with Gasteiger partial charge >= 0.3 is 0 Å². The second kappa shape index (κ2) is 6.65. The molecule has 126 valence electrons. The molecule has 3 fully saturated rings. The molecule has 2 aliphatic heterocycles. The quantitative estimate of drug-likeness (QED) is 0.870. The molecule has 3 heterocycles. The van der Waals surface area contributed by atoms with Crippen LogP contribution in [-0.2, 0) is 16.1 Å². The Bertz CT molecular complexity index is 526. The first-order valence-corrected chi connectivity index (χ1v) is 8.87. The third-order valence-electron chi connectivity index (χ3n) is 5.53. The fraction of sp³-hybridized carbons (Fsp3) is 0.722. The lowest BCUT2D eigenvalue weighted by Crippen LogP contribution is -2.38. The summed E-state index contributed by atoms with van der Waals surface area (Å²) in [5, 5.41) is 3.10. The SMILES string of the molecule is O=C(C[C@H]1COC[C@@H]2CN(Cc3ccco3)C[C@@H]12)NCC1CC1. The van der Waals surface area contributed by atoms with Gasteiger partial charge in [-0.25, -0.2) is 0 Å². The number of hydrogen-bond acceptors (Lipinski definition) is 4. The number of hydrogen-bond donors (Lipinski definition) is 1. The summed E-state index contributed by atoms with van der Waals surface area (Å²) in [6, 6.07) is 3.97. The maximum Gasteiger partial charge on any atom is 0.220 e. The minimum atomic E-state index is 0.204. The highest BCUT2D eigenvalue weighted by Crippen LogP contribution is 2.36. The van der Waals surface area contributed by atoms with Crippen LogP contribution in [-0.4, -0.2) is 43.7 Å². The summed E-state index contributed by atoms with van der Waals surface area (Å²) >= 11 is 0. The van der Waals surface area contributed by atoms with Crippen molar-refractivity contribution in [3.63, 3.8) is 0 Å². The first-order valence-electron chi connectivity index (χ1n) is 8.87. The van der Waals surface area contributed by atoms with Crippen LogP contribution >= 0.6 is 0 Å². The molecule has 0 bridgehead atoms. The molecule has 0 unspecified atom stereocenters. The van der Waals surface area contributed by atoms with Crippen LogP contribution < -0.4 is 5.32 Å². The van der Waals surface area contributed by atoms with Gasteiger partial charge in [0.25, 0.3) is 0 Å². The lowest BCUT2D eigenvalue weighted by Gasteiger charge is -2.32.